The summed E-state index contributed by atoms with van der Waals surface area (Å²) in [6.07, 6.45) is 3.76. The Bertz CT molecular complexity index is 1420. The molecule has 0 aliphatic carbocycles. The molecule has 2 aromatic heterocycles. The molecule has 1 amide bonds. The molecule has 8 heteroatoms. The van der Waals surface area contributed by atoms with E-state index in [0.29, 0.717) is 38.2 Å². The maximum absolute atomic E-state index is 13.1. The van der Waals surface area contributed by atoms with Gasteiger partial charge in [-0.05, 0) is 61.9 Å². The van der Waals surface area contributed by atoms with Crippen LogP contribution in [0.1, 0.15) is 18.9 Å². The molecule has 186 valence electrons. The quantitative estimate of drug-likeness (QED) is 0.400. The largest absolute Gasteiger partial charge is 0.494 e. The van der Waals surface area contributed by atoms with Crippen molar-refractivity contribution in [3.05, 3.63) is 82.9 Å². The van der Waals surface area contributed by atoms with Gasteiger partial charge in [0.15, 0.2) is 0 Å². The van der Waals surface area contributed by atoms with Crippen molar-refractivity contribution in [2.75, 3.05) is 37.7 Å². The number of aromatic nitrogens is 3. The summed E-state index contributed by atoms with van der Waals surface area (Å²) in [6, 6.07) is 17.9. The van der Waals surface area contributed by atoms with E-state index in [-0.39, 0.29) is 11.5 Å². The van der Waals surface area contributed by atoms with Gasteiger partial charge in [0.05, 0.1) is 12.3 Å². The zero-order valence-corrected chi connectivity index (χ0v) is 20.8. The number of ether oxygens (including phenoxy) is 1. The van der Waals surface area contributed by atoms with E-state index in [1.165, 1.54) is 11.3 Å². The zero-order valence-electron chi connectivity index (χ0n) is 20.8. The molecule has 36 heavy (non-hydrogen) atoms. The molecule has 4 aromatic rings. The third kappa shape index (κ3) is 4.98. The molecule has 0 atom stereocenters. The average Bonchev–Trinajstić information content (AvgIpc) is 3.34. The SMILES string of the molecule is CCOc1ccc(-c2cc3c(=O)n(CCC(=O)N4CCN(c5cccc(C)c5)CC4)ccn3n2)cc1. The van der Waals surface area contributed by atoms with Gasteiger partial charge in [-0.15, -0.1) is 0 Å². The van der Waals surface area contributed by atoms with Crippen LogP contribution in [0, 0.1) is 6.92 Å². The predicted octanol–water partition coefficient (Wildman–Crippen LogP) is 3.61. The minimum Gasteiger partial charge on any atom is -0.494 e. The number of fused-ring (bicyclic) bond motifs is 1. The van der Waals surface area contributed by atoms with Crippen LogP contribution in [0.5, 0.6) is 5.75 Å². The summed E-state index contributed by atoms with van der Waals surface area (Å²) < 4.78 is 8.69. The summed E-state index contributed by atoms with van der Waals surface area (Å²) in [4.78, 5) is 30.2. The highest BCUT2D eigenvalue weighted by molar-refractivity contribution is 5.76. The van der Waals surface area contributed by atoms with Crippen LogP contribution in [-0.2, 0) is 11.3 Å². The third-order valence-corrected chi connectivity index (χ3v) is 6.63. The number of hydrogen-bond acceptors (Lipinski definition) is 5. The van der Waals surface area contributed by atoms with Gasteiger partial charge in [-0.1, -0.05) is 12.1 Å². The Kier molecular flexibility index (Phi) is 6.75. The fourth-order valence-corrected chi connectivity index (χ4v) is 4.64. The van der Waals surface area contributed by atoms with Crippen molar-refractivity contribution in [2.45, 2.75) is 26.8 Å². The standard InChI is InChI=1S/C28H31N5O3/c1-3-36-24-9-7-22(8-10-24)25-20-26-28(35)32(17-18-33(26)29-25)12-11-27(34)31-15-13-30(14-16-31)23-6-4-5-21(2)19-23/h4-10,17-20H,3,11-16H2,1-2H3. The molecule has 0 bridgehead atoms. The molecule has 2 aromatic carbocycles. The maximum atomic E-state index is 13.1. The van der Waals surface area contributed by atoms with Crippen LogP contribution in [0.15, 0.2) is 71.8 Å². The molecular formula is C28H31N5O3. The van der Waals surface area contributed by atoms with E-state index in [0.717, 1.165) is 30.1 Å². The van der Waals surface area contributed by atoms with Gasteiger partial charge in [0.2, 0.25) is 5.91 Å². The third-order valence-electron chi connectivity index (χ3n) is 6.63. The Balaban J connectivity index is 1.21. The van der Waals surface area contributed by atoms with Crippen LogP contribution < -0.4 is 15.2 Å². The van der Waals surface area contributed by atoms with Gasteiger partial charge < -0.3 is 19.1 Å². The second-order valence-electron chi connectivity index (χ2n) is 9.07. The van der Waals surface area contributed by atoms with Crippen LogP contribution in [0.2, 0.25) is 0 Å². The molecule has 0 spiro atoms. The van der Waals surface area contributed by atoms with E-state index in [2.05, 4.69) is 41.2 Å². The molecule has 0 radical (unpaired) electrons. The lowest BCUT2D eigenvalue weighted by Gasteiger charge is -2.36. The molecule has 1 fully saturated rings. The fourth-order valence-electron chi connectivity index (χ4n) is 4.64. The van der Waals surface area contributed by atoms with Gasteiger partial charge in [0.25, 0.3) is 5.56 Å². The normalized spacial score (nSPS) is 13.8. The second kappa shape index (κ2) is 10.3. The van der Waals surface area contributed by atoms with E-state index in [1.807, 2.05) is 36.1 Å². The van der Waals surface area contributed by atoms with E-state index in [4.69, 9.17) is 4.74 Å². The number of benzene rings is 2. The van der Waals surface area contributed by atoms with Gasteiger partial charge in [0, 0.05) is 62.8 Å². The number of hydrogen-bond donors (Lipinski definition) is 0. The molecule has 0 saturated carbocycles. The Hall–Kier alpha value is -4.07. The molecule has 1 aliphatic heterocycles. The smallest absolute Gasteiger partial charge is 0.276 e. The van der Waals surface area contributed by atoms with Crippen molar-refractivity contribution in [1.82, 2.24) is 19.1 Å². The number of amides is 1. The van der Waals surface area contributed by atoms with Crippen molar-refractivity contribution in [3.63, 3.8) is 0 Å². The van der Waals surface area contributed by atoms with Crippen molar-refractivity contribution >= 4 is 17.1 Å². The first-order chi connectivity index (χ1) is 17.5. The van der Waals surface area contributed by atoms with E-state index in [9.17, 15) is 9.59 Å². The Morgan fingerprint density at radius 2 is 1.78 bits per heavy atom. The van der Waals surface area contributed by atoms with Crippen LogP contribution >= 0.6 is 0 Å². The monoisotopic (exact) mass is 485 g/mol. The van der Waals surface area contributed by atoms with Crippen LogP contribution in [0.3, 0.4) is 0 Å². The van der Waals surface area contributed by atoms with Gasteiger partial charge in [-0.3, -0.25) is 9.59 Å². The molecule has 0 N–H and O–H groups in total. The number of carbonyl (C=O) groups is 1. The number of rotatable bonds is 7. The lowest BCUT2D eigenvalue weighted by atomic mass is 10.1. The Morgan fingerprint density at radius 3 is 2.50 bits per heavy atom. The summed E-state index contributed by atoms with van der Waals surface area (Å²) in [7, 11) is 0. The number of piperazine rings is 1. The summed E-state index contributed by atoms with van der Waals surface area (Å²) >= 11 is 0. The highest BCUT2D eigenvalue weighted by atomic mass is 16.5. The van der Waals surface area contributed by atoms with Crippen LogP contribution in [-0.4, -0.2) is 57.8 Å². The number of anilines is 1. The van der Waals surface area contributed by atoms with Crippen LogP contribution in [0.4, 0.5) is 5.69 Å². The average molecular weight is 486 g/mol. The summed E-state index contributed by atoms with van der Waals surface area (Å²) in [6.45, 7) is 7.99. The summed E-state index contributed by atoms with van der Waals surface area (Å²) in [5.74, 6) is 0.878. The minimum absolute atomic E-state index is 0.0780. The first kappa shape index (κ1) is 23.7. The van der Waals surface area contributed by atoms with Gasteiger partial charge in [-0.25, -0.2) is 4.52 Å². The molecular weight excluding hydrogens is 454 g/mol. The highest BCUT2D eigenvalue weighted by Crippen LogP contribution is 2.22. The minimum atomic E-state index is -0.153. The number of nitrogens with zero attached hydrogens (tertiary/aromatic N) is 5. The second-order valence-corrected chi connectivity index (χ2v) is 9.07. The van der Waals surface area contributed by atoms with Crippen molar-refractivity contribution < 1.29 is 9.53 Å². The number of aryl methyl sites for hydroxylation is 2. The summed E-state index contributed by atoms with van der Waals surface area (Å²) in [5.41, 5.74) is 4.40. The van der Waals surface area contributed by atoms with Crippen molar-refractivity contribution in [3.8, 4) is 17.0 Å². The lowest BCUT2D eigenvalue weighted by Crippen LogP contribution is -2.49. The Morgan fingerprint density at radius 1 is 1.00 bits per heavy atom. The molecule has 3 heterocycles. The molecule has 8 nitrogen and oxygen atoms in total. The molecule has 5 rings (SSSR count). The van der Waals surface area contributed by atoms with E-state index >= 15 is 0 Å². The predicted molar refractivity (Wildman–Crippen MR) is 141 cm³/mol. The van der Waals surface area contributed by atoms with Gasteiger partial charge in [0.1, 0.15) is 11.3 Å². The van der Waals surface area contributed by atoms with Crippen molar-refractivity contribution in [2.24, 2.45) is 0 Å². The molecule has 0 unspecified atom stereocenters. The first-order valence-electron chi connectivity index (χ1n) is 12.4. The van der Waals surface area contributed by atoms with Gasteiger partial charge in [-0.2, -0.15) is 5.10 Å². The fraction of sp³-hybridized carbons (Fsp3) is 0.321. The summed E-state index contributed by atoms with van der Waals surface area (Å²) in [5, 5.41) is 4.55. The molecule has 1 aliphatic rings. The first-order valence-corrected chi connectivity index (χ1v) is 12.4. The van der Waals surface area contributed by atoms with Crippen molar-refractivity contribution in [1.29, 1.82) is 0 Å². The highest BCUT2D eigenvalue weighted by Gasteiger charge is 2.21. The zero-order chi connectivity index (χ0) is 25.1. The van der Waals surface area contributed by atoms with E-state index < -0.39 is 0 Å². The van der Waals surface area contributed by atoms with Crippen LogP contribution in [0.25, 0.3) is 16.8 Å². The lowest BCUT2D eigenvalue weighted by molar-refractivity contribution is -0.131. The number of carbonyl (C=O) groups excluding carboxylic acids is 1. The topological polar surface area (TPSA) is 72.1 Å². The Labute approximate surface area is 210 Å². The van der Waals surface area contributed by atoms with E-state index in [1.54, 1.807) is 27.5 Å². The molecule has 1 saturated heterocycles. The maximum Gasteiger partial charge on any atom is 0.276 e. The van der Waals surface area contributed by atoms with Gasteiger partial charge >= 0.3 is 0 Å².